The zero-order chi connectivity index (χ0) is 19.0. The average molecular weight is 379 g/mol. The number of rotatable bonds is 16. The van der Waals surface area contributed by atoms with Crippen molar-refractivity contribution in [3.05, 3.63) is 0 Å². The average Bonchev–Trinajstić information content (AvgIpc) is 2.52. The van der Waals surface area contributed by atoms with E-state index in [9.17, 15) is 18.0 Å². The van der Waals surface area contributed by atoms with Crippen molar-refractivity contribution in [1.29, 1.82) is 0 Å². The molecule has 0 aromatic heterocycles. The fourth-order valence-electron chi connectivity index (χ4n) is 2.41. The van der Waals surface area contributed by atoms with E-state index in [0.717, 1.165) is 19.3 Å². The number of hydrogen-bond acceptors (Lipinski definition) is 4. The summed E-state index contributed by atoms with van der Waals surface area (Å²) in [6.07, 6.45) is 11.4. The van der Waals surface area contributed by atoms with E-state index in [-0.39, 0.29) is 31.3 Å². The number of nitrogens with one attached hydrogen (secondary N) is 2. The largest absolute Gasteiger partial charge is 0.356 e. The fourth-order valence-corrected chi connectivity index (χ4v) is 2.77. The van der Waals surface area contributed by atoms with E-state index in [1.807, 2.05) is 0 Å². The molecule has 148 valence electrons. The maximum Gasteiger partial charge on any atom is 0.266 e. The van der Waals surface area contributed by atoms with Crippen molar-refractivity contribution in [3.63, 3.8) is 0 Å². The van der Waals surface area contributed by atoms with Crippen LogP contribution < -0.4 is 10.6 Å². The minimum atomic E-state index is -4.06. The van der Waals surface area contributed by atoms with Gasteiger partial charge in [0.05, 0.1) is 5.75 Å². The number of carbonyl (C=O) groups excluding carboxylic acids is 2. The zero-order valence-corrected chi connectivity index (χ0v) is 16.2. The molecule has 0 aromatic rings. The maximum absolute atomic E-state index is 11.6. The van der Waals surface area contributed by atoms with Crippen LogP contribution in [0.5, 0.6) is 0 Å². The SMILES string of the molecule is CCCCCCCCCCCC(=O)NCCC(=O)NCCS(=O)(=O)O. The van der Waals surface area contributed by atoms with Crippen LogP contribution in [0, 0.1) is 0 Å². The van der Waals surface area contributed by atoms with Crippen LogP contribution in [-0.4, -0.2) is 43.6 Å². The summed E-state index contributed by atoms with van der Waals surface area (Å²) < 4.78 is 29.5. The second-order valence-electron chi connectivity index (χ2n) is 6.31. The van der Waals surface area contributed by atoms with Gasteiger partial charge in [0.25, 0.3) is 10.1 Å². The third-order valence-electron chi connectivity index (χ3n) is 3.86. The van der Waals surface area contributed by atoms with Crippen LogP contribution in [0.15, 0.2) is 0 Å². The molecular formula is C17H34N2O5S. The standard InChI is InChI=1S/C17H34N2O5S/c1-2-3-4-5-6-7-8-9-10-11-16(20)18-13-12-17(21)19-14-15-25(22,23)24/h2-15H2,1H3,(H,18,20)(H,19,21)(H,22,23,24). The van der Waals surface area contributed by atoms with E-state index in [0.29, 0.717) is 6.42 Å². The molecular weight excluding hydrogens is 344 g/mol. The lowest BCUT2D eigenvalue weighted by molar-refractivity contribution is -0.122. The Morgan fingerprint density at radius 1 is 0.760 bits per heavy atom. The van der Waals surface area contributed by atoms with Gasteiger partial charge in [-0.2, -0.15) is 8.42 Å². The Balaban J connectivity index is 3.42. The fraction of sp³-hybridized carbons (Fsp3) is 0.882. The number of unbranched alkanes of at least 4 members (excludes halogenated alkanes) is 8. The quantitative estimate of drug-likeness (QED) is 0.282. The van der Waals surface area contributed by atoms with Crippen molar-refractivity contribution in [1.82, 2.24) is 10.6 Å². The van der Waals surface area contributed by atoms with Gasteiger partial charge in [-0.15, -0.1) is 0 Å². The topological polar surface area (TPSA) is 113 Å². The van der Waals surface area contributed by atoms with Crippen molar-refractivity contribution in [2.75, 3.05) is 18.8 Å². The summed E-state index contributed by atoms with van der Waals surface area (Å²) in [5.41, 5.74) is 0. The normalized spacial score (nSPS) is 11.3. The van der Waals surface area contributed by atoms with Crippen LogP contribution in [0.25, 0.3) is 0 Å². The number of carbonyl (C=O) groups is 2. The Morgan fingerprint density at radius 2 is 1.24 bits per heavy atom. The van der Waals surface area contributed by atoms with Gasteiger partial charge < -0.3 is 10.6 Å². The molecule has 0 rings (SSSR count). The predicted molar refractivity (Wildman–Crippen MR) is 98.9 cm³/mol. The number of amides is 2. The van der Waals surface area contributed by atoms with E-state index < -0.39 is 15.9 Å². The first-order valence-electron chi connectivity index (χ1n) is 9.33. The van der Waals surface area contributed by atoms with E-state index in [1.54, 1.807) is 0 Å². The molecule has 0 aliphatic carbocycles. The van der Waals surface area contributed by atoms with Gasteiger partial charge in [0.1, 0.15) is 0 Å². The van der Waals surface area contributed by atoms with E-state index in [4.69, 9.17) is 4.55 Å². The van der Waals surface area contributed by atoms with Crippen LogP contribution in [0.3, 0.4) is 0 Å². The highest BCUT2D eigenvalue weighted by atomic mass is 32.2. The molecule has 0 saturated heterocycles. The summed E-state index contributed by atoms with van der Waals surface area (Å²) in [6, 6.07) is 0. The highest BCUT2D eigenvalue weighted by Crippen LogP contribution is 2.10. The molecule has 7 nitrogen and oxygen atoms in total. The minimum Gasteiger partial charge on any atom is -0.356 e. The summed E-state index contributed by atoms with van der Waals surface area (Å²) in [4.78, 5) is 23.0. The van der Waals surface area contributed by atoms with Gasteiger partial charge in [0.2, 0.25) is 11.8 Å². The lowest BCUT2D eigenvalue weighted by Gasteiger charge is -2.06. The van der Waals surface area contributed by atoms with Gasteiger partial charge >= 0.3 is 0 Å². The van der Waals surface area contributed by atoms with Crippen LogP contribution in [-0.2, 0) is 19.7 Å². The Morgan fingerprint density at radius 3 is 1.80 bits per heavy atom. The summed E-state index contributed by atoms with van der Waals surface area (Å²) in [5, 5.41) is 5.05. The third-order valence-corrected chi connectivity index (χ3v) is 4.58. The summed E-state index contributed by atoms with van der Waals surface area (Å²) >= 11 is 0. The summed E-state index contributed by atoms with van der Waals surface area (Å²) in [6.45, 7) is 2.30. The molecule has 0 aliphatic heterocycles. The molecule has 0 spiro atoms. The molecule has 0 unspecified atom stereocenters. The third kappa shape index (κ3) is 19.0. The molecule has 0 radical (unpaired) electrons. The van der Waals surface area contributed by atoms with Gasteiger partial charge in [-0.1, -0.05) is 58.3 Å². The molecule has 3 N–H and O–H groups in total. The van der Waals surface area contributed by atoms with E-state index in [2.05, 4.69) is 17.6 Å². The zero-order valence-electron chi connectivity index (χ0n) is 15.4. The lowest BCUT2D eigenvalue weighted by atomic mass is 10.1. The van der Waals surface area contributed by atoms with Crippen LogP contribution >= 0.6 is 0 Å². The number of hydrogen-bond donors (Lipinski definition) is 3. The van der Waals surface area contributed by atoms with E-state index in [1.165, 1.54) is 38.5 Å². The highest BCUT2D eigenvalue weighted by molar-refractivity contribution is 7.85. The maximum atomic E-state index is 11.6. The molecule has 0 aliphatic rings. The monoisotopic (exact) mass is 378 g/mol. The first kappa shape index (κ1) is 23.9. The first-order chi connectivity index (χ1) is 11.8. The molecule has 0 atom stereocenters. The Labute approximate surface area is 152 Å². The molecule has 2 amide bonds. The predicted octanol–water partition coefficient (Wildman–Crippen LogP) is 2.42. The van der Waals surface area contributed by atoms with Crippen molar-refractivity contribution in [2.45, 2.75) is 77.6 Å². The molecule has 8 heteroatoms. The highest BCUT2D eigenvalue weighted by Gasteiger charge is 2.07. The molecule has 0 bridgehead atoms. The molecule has 0 heterocycles. The summed E-state index contributed by atoms with van der Waals surface area (Å²) in [5.74, 6) is -0.926. The molecule has 0 aromatic carbocycles. The van der Waals surface area contributed by atoms with Crippen molar-refractivity contribution < 1.29 is 22.6 Å². The van der Waals surface area contributed by atoms with E-state index >= 15 is 0 Å². The molecule has 0 saturated carbocycles. The van der Waals surface area contributed by atoms with Gasteiger partial charge in [0, 0.05) is 25.9 Å². The Kier molecular flexibility index (Phi) is 14.4. The van der Waals surface area contributed by atoms with Gasteiger partial charge in [-0.25, -0.2) is 0 Å². The molecule has 0 fully saturated rings. The second kappa shape index (κ2) is 15.1. The van der Waals surface area contributed by atoms with Gasteiger partial charge in [-0.05, 0) is 6.42 Å². The van der Waals surface area contributed by atoms with Crippen molar-refractivity contribution in [2.24, 2.45) is 0 Å². The van der Waals surface area contributed by atoms with Gasteiger partial charge in [-0.3, -0.25) is 14.1 Å². The second-order valence-corrected chi connectivity index (χ2v) is 7.89. The van der Waals surface area contributed by atoms with Crippen molar-refractivity contribution in [3.8, 4) is 0 Å². The Hall–Kier alpha value is -1.15. The van der Waals surface area contributed by atoms with Crippen molar-refractivity contribution >= 4 is 21.9 Å². The van der Waals surface area contributed by atoms with Crippen LogP contribution in [0.4, 0.5) is 0 Å². The first-order valence-corrected chi connectivity index (χ1v) is 10.9. The Bertz CT molecular complexity index is 466. The smallest absolute Gasteiger partial charge is 0.266 e. The minimum absolute atomic E-state index is 0.0614. The van der Waals surface area contributed by atoms with Crippen LogP contribution in [0.1, 0.15) is 77.6 Å². The summed E-state index contributed by atoms with van der Waals surface area (Å²) in [7, 11) is -4.06. The molecule has 25 heavy (non-hydrogen) atoms. The van der Waals surface area contributed by atoms with Gasteiger partial charge in [0.15, 0.2) is 0 Å². The van der Waals surface area contributed by atoms with Crippen LogP contribution in [0.2, 0.25) is 0 Å². The lowest BCUT2D eigenvalue weighted by Crippen LogP contribution is -2.33.